The summed E-state index contributed by atoms with van der Waals surface area (Å²) in [6.07, 6.45) is 0. The predicted molar refractivity (Wildman–Crippen MR) is 145 cm³/mol. The minimum Gasteiger partial charge on any atom is -0.505 e. The van der Waals surface area contributed by atoms with Crippen LogP contribution < -0.4 is 10.3 Å². The Morgan fingerprint density at radius 2 is 1.68 bits per heavy atom. The van der Waals surface area contributed by atoms with Crippen LogP contribution in [0.15, 0.2) is 90.0 Å². The van der Waals surface area contributed by atoms with E-state index in [4.69, 9.17) is 0 Å². The fourth-order valence-corrected chi connectivity index (χ4v) is 4.40. The average molecular weight is 510 g/mol. The summed E-state index contributed by atoms with van der Waals surface area (Å²) in [5.74, 6) is -1.85. The first-order valence-electron chi connectivity index (χ1n) is 12.0. The molecule has 0 atom stereocenters. The molecule has 4 aromatic carbocycles. The molecule has 1 heterocycles. The number of nitrogens with one attached hydrogen (secondary N) is 1. The number of amides is 1. The van der Waals surface area contributed by atoms with Crippen LogP contribution in [-0.4, -0.2) is 27.8 Å². The topological polar surface area (TPSA) is 102 Å². The number of aromatic carboxylic acids is 1. The monoisotopic (exact) mass is 509 g/mol. The first-order valence-corrected chi connectivity index (χ1v) is 12.0. The van der Waals surface area contributed by atoms with E-state index in [9.17, 15) is 24.2 Å². The predicted octanol–water partition coefficient (Wildman–Crippen LogP) is 6.51. The van der Waals surface area contributed by atoms with E-state index >= 15 is 0 Å². The van der Waals surface area contributed by atoms with Crippen molar-refractivity contribution in [1.82, 2.24) is 0 Å². The van der Waals surface area contributed by atoms with Crippen LogP contribution >= 0.6 is 0 Å². The molecule has 190 valence electrons. The van der Waals surface area contributed by atoms with Crippen molar-refractivity contribution < 1.29 is 24.2 Å². The molecule has 0 aliphatic carbocycles. The van der Waals surface area contributed by atoms with Crippen LogP contribution in [0.5, 0.6) is 5.75 Å². The Labute approximate surface area is 218 Å². The molecule has 4 aromatic rings. The summed E-state index contributed by atoms with van der Waals surface area (Å²) in [5, 5.41) is 24.5. The van der Waals surface area contributed by atoms with Crippen LogP contribution in [-0.2, 0) is 4.79 Å². The van der Waals surface area contributed by atoms with Gasteiger partial charge in [-0.05, 0) is 65.6 Å². The fourth-order valence-electron chi connectivity index (χ4n) is 4.40. The maximum absolute atomic E-state index is 14.2. The molecule has 5 rings (SSSR count). The van der Waals surface area contributed by atoms with Crippen LogP contribution in [0.1, 0.15) is 41.3 Å². The van der Waals surface area contributed by atoms with Crippen molar-refractivity contribution in [2.24, 2.45) is 5.10 Å². The lowest BCUT2D eigenvalue weighted by Crippen LogP contribution is -2.26. The Morgan fingerprint density at radius 3 is 2.39 bits per heavy atom. The van der Waals surface area contributed by atoms with Crippen LogP contribution in [0.25, 0.3) is 11.1 Å². The SMILES string of the molecule is CC(C)c1ccc(N2C(=O)/C(=N\Nc3cccc(-c4cccc(C(=O)O)c4)c3O)c3ccc(F)cc32)cc1. The van der Waals surface area contributed by atoms with E-state index in [1.165, 1.54) is 35.2 Å². The number of hydrazone groups is 1. The molecule has 0 radical (unpaired) electrons. The maximum Gasteiger partial charge on any atom is 0.335 e. The number of carboxylic acid groups (broad SMARTS) is 1. The van der Waals surface area contributed by atoms with Crippen LogP contribution in [0, 0.1) is 5.82 Å². The maximum atomic E-state index is 14.2. The molecular weight excluding hydrogens is 485 g/mol. The number of carboxylic acids is 1. The van der Waals surface area contributed by atoms with Gasteiger partial charge in [-0.2, -0.15) is 5.10 Å². The molecule has 7 nitrogen and oxygen atoms in total. The fraction of sp³-hybridized carbons (Fsp3) is 0.100. The largest absolute Gasteiger partial charge is 0.505 e. The zero-order valence-electron chi connectivity index (χ0n) is 20.6. The van der Waals surface area contributed by atoms with Crippen molar-refractivity contribution in [3.63, 3.8) is 0 Å². The second kappa shape index (κ2) is 9.82. The highest BCUT2D eigenvalue weighted by molar-refractivity contribution is 6.55. The lowest BCUT2D eigenvalue weighted by atomic mass is 10.0. The number of halogens is 1. The molecule has 0 saturated heterocycles. The van der Waals surface area contributed by atoms with Gasteiger partial charge in [0.1, 0.15) is 11.6 Å². The highest BCUT2D eigenvalue weighted by Gasteiger charge is 2.35. The van der Waals surface area contributed by atoms with Crippen molar-refractivity contribution in [3.8, 4) is 16.9 Å². The molecule has 0 aromatic heterocycles. The summed E-state index contributed by atoms with van der Waals surface area (Å²) < 4.78 is 14.2. The summed E-state index contributed by atoms with van der Waals surface area (Å²) in [5.41, 5.74) is 6.54. The summed E-state index contributed by atoms with van der Waals surface area (Å²) in [4.78, 5) is 26.3. The number of carbonyl (C=O) groups excluding carboxylic acids is 1. The van der Waals surface area contributed by atoms with Gasteiger partial charge in [-0.25, -0.2) is 9.18 Å². The van der Waals surface area contributed by atoms with Gasteiger partial charge in [0.25, 0.3) is 5.91 Å². The lowest BCUT2D eigenvalue weighted by Gasteiger charge is -2.18. The zero-order chi connectivity index (χ0) is 27.0. The molecule has 3 N–H and O–H groups in total. The van der Waals surface area contributed by atoms with Gasteiger partial charge in [0.2, 0.25) is 0 Å². The number of aromatic hydroxyl groups is 1. The van der Waals surface area contributed by atoms with E-state index in [-0.39, 0.29) is 22.7 Å². The van der Waals surface area contributed by atoms with Crippen molar-refractivity contribution in [1.29, 1.82) is 0 Å². The first kappa shape index (κ1) is 24.7. The molecule has 0 fully saturated rings. The Bertz CT molecular complexity index is 1600. The van der Waals surface area contributed by atoms with Crippen molar-refractivity contribution in [3.05, 3.63) is 107 Å². The number of benzene rings is 4. The molecule has 0 unspecified atom stereocenters. The number of anilines is 3. The summed E-state index contributed by atoms with van der Waals surface area (Å²) in [7, 11) is 0. The van der Waals surface area contributed by atoms with Gasteiger partial charge in [-0.3, -0.25) is 15.1 Å². The number of phenolic OH excluding ortho intramolecular Hbond substituents is 1. The minimum absolute atomic E-state index is 0.0608. The average Bonchev–Trinajstić information content (AvgIpc) is 3.18. The van der Waals surface area contributed by atoms with Crippen molar-refractivity contribution in [2.75, 3.05) is 10.3 Å². The van der Waals surface area contributed by atoms with Gasteiger partial charge in [0, 0.05) is 16.8 Å². The number of hydrogen-bond acceptors (Lipinski definition) is 5. The number of para-hydroxylation sites is 1. The minimum atomic E-state index is -1.08. The number of nitrogens with zero attached hydrogens (tertiary/aromatic N) is 2. The van der Waals surface area contributed by atoms with Crippen molar-refractivity contribution >= 4 is 34.7 Å². The Kier molecular flexibility index (Phi) is 6.38. The lowest BCUT2D eigenvalue weighted by molar-refractivity contribution is -0.111. The van der Waals surface area contributed by atoms with Crippen LogP contribution in [0.2, 0.25) is 0 Å². The molecule has 0 bridgehead atoms. The smallest absolute Gasteiger partial charge is 0.335 e. The second-order valence-corrected chi connectivity index (χ2v) is 9.21. The van der Waals surface area contributed by atoms with Gasteiger partial charge in [0.15, 0.2) is 5.71 Å². The van der Waals surface area contributed by atoms with E-state index in [0.717, 1.165) is 5.56 Å². The third-order valence-electron chi connectivity index (χ3n) is 6.42. The van der Waals surface area contributed by atoms with Gasteiger partial charge in [-0.1, -0.05) is 50.2 Å². The quantitative estimate of drug-likeness (QED) is 0.203. The van der Waals surface area contributed by atoms with E-state index in [0.29, 0.717) is 34.0 Å². The molecule has 1 aliphatic heterocycles. The molecule has 8 heteroatoms. The molecule has 38 heavy (non-hydrogen) atoms. The number of fused-ring (bicyclic) bond motifs is 1. The number of carbonyl (C=O) groups is 2. The summed E-state index contributed by atoms with van der Waals surface area (Å²) in [6, 6.07) is 22.7. The van der Waals surface area contributed by atoms with E-state index in [1.807, 2.05) is 24.3 Å². The first-order chi connectivity index (χ1) is 18.2. The third-order valence-corrected chi connectivity index (χ3v) is 6.42. The number of hydrogen-bond donors (Lipinski definition) is 3. The third kappa shape index (κ3) is 4.48. The number of rotatable bonds is 6. The number of phenols is 1. The molecule has 1 aliphatic rings. The van der Waals surface area contributed by atoms with Crippen LogP contribution in [0.3, 0.4) is 0 Å². The van der Waals surface area contributed by atoms with Gasteiger partial charge in [-0.15, -0.1) is 0 Å². The highest BCUT2D eigenvalue weighted by atomic mass is 19.1. The Hall–Kier alpha value is -4.98. The van der Waals surface area contributed by atoms with Gasteiger partial charge in [0.05, 0.1) is 16.9 Å². The normalized spacial score (nSPS) is 13.7. The summed E-state index contributed by atoms with van der Waals surface area (Å²) in [6.45, 7) is 4.15. The second-order valence-electron chi connectivity index (χ2n) is 9.21. The Balaban J connectivity index is 1.50. The Morgan fingerprint density at radius 1 is 0.947 bits per heavy atom. The van der Waals surface area contributed by atoms with Gasteiger partial charge < -0.3 is 10.2 Å². The van der Waals surface area contributed by atoms with E-state index < -0.39 is 17.7 Å². The molecule has 0 saturated carbocycles. The highest BCUT2D eigenvalue weighted by Crippen LogP contribution is 2.38. The summed E-state index contributed by atoms with van der Waals surface area (Å²) >= 11 is 0. The van der Waals surface area contributed by atoms with Gasteiger partial charge >= 0.3 is 5.97 Å². The van der Waals surface area contributed by atoms with Crippen molar-refractivity contribution in [2.45, 2.75) is 19.8 Å². The molecule has 0 spiro atoms. The zero-order valence-corrected chi connectivity index (χ0v) is 20.6. The molecule has 1 amide bonds. The van der Waals surface area contributed by atoms with E-state index in [1.54, 1.807) is 30.3 Å². The molecular formula is C30H24FN3O4. The van der Waals surface area contributed by atoms with Crippen LogP contribution in [0.4, 0.5) is 21.5 Å². The standard InChI is InChI=1S/C30H24FN3O4/c1-17(2)18-9-12-22(13-10-18)34-26-16-21(31)11-14-24(26)27(29(34)36)33-32-25-8-4-7-23(28(25)35)19-5-3-6-20(15-19)30(37)38/h3-17,32,35H,1-2H3,(H,37,38)/b33-27-. The van der Waals surface area contributed by atoms with E-state index in [2.05, 4.69) is 24.4 Å².